The third-order valence-corrected chi connectivity index (χ3v) is 8.54. The molecule has 2 heterocycles. The van der Waals surface area contributed by atoms with E-state index in [1.54, 1.807) is 24.3 Å². The first-order chi connectivity index (χ1) is 21.5. The lowest BCUT2D eigenvalue weighted by Gasteiger charge is -2.34. The largest absolute Gasteiger partial charge is 0.495 e. The van der Waals surface area contributed by atoms with Gasteiger partial charge in [0.2, 0.25) is 13.7 Å². The van der Waals surface area contributed by atoms with E-state index in [2.05, 4.69) is 22.5 Å². The highest BCUT2D eigenvalue weighted by molar-refractivity contribution is 7.90. The number of nitrogens with one attached hydrogen (secondary N) is 2. The number of aliphatic hydroxyl groups is 3. The van der Waals surface area contributed by atoms with Gasteiger partial charge in [0.1, 0.15) is 12.3 Å². The zero-order valence-corrected chi connectivity index (χ0v) is 26.6. The molecule has 3 aromatic rings. The lowest BCUT2D eigenvalue weighted by atomic mass is 10.0. The molecular formula is C30H38BF3N4O7S. The Morgan fingerprint density at radius 1 is 1.13 bits per heavy atom. The van der Waals surface area contributed by atoms with Gasteiger partial charge in [0, 0.05) is 49.1 Å². The minimum atomic E-state index is -4.48. The monoisotopic (exact) mass is 666 g/mol. The highest BCUT2D eigenvalue weighted by Gasteiger charge is 2.30. The maximum absolute atomic E-state index is 13.6. The molecule has 1 aromatic heterocycles. The lowest BCUT2D eigenvalue weighted by molar-refractivity contribution is -0.282. The number of ether oxygens (including phenoxy) is 2. The van der Waals surface area contributed by atoms with Crippen molar-refractivity contribution in [3.63, 3.8) is 0 Å². The van der Waals surface area contributed by atoms with Gasteiger partial charge in [-0.15, -0.1) is 0 Å². The Balaban J connectivity index is 1.47. The van der Waals surface area contributed by atoms with E-state index in [1.807, 2.05) is 11.0 Å². The number of piperidine rings is 1. The predicted octanol–water partition coefficient (Wildman–Crippen LogP) is 1.56. The number of fused-ring (bicyclic) bond motifs is 1. The summed E-state index contributed by atoms with van der Waals surface area (Å²) in [6.07, 6.45) is -2.85. The summed E-state index contributed by atoms with van der Waals surface area (Å²) in [5.74, 6) is 3.70. The highest BCUT2D eigenvalue weighted by atomic mass is 32.2. The smallest absolute Gasteiger partial charge is 0.406 e. The minimum Gasteiger partial charge on any atom is -0.495 e. The van der Waals surface area contributed by atoms with E-state index in [1.165, 1.54) is 19.2 Å². The summed E-state index contributed by atoms with van der Waals surface area (Å²) in [5.41, 5.74) is 1.75. The number of aromatic nitrogens is 1. The number of hydrogen-bond acceptors (Lipinski definition) is 10. The quantitative estimate of drug-likeness (QED) is 0.110. The first-order valence-corrected chi connectivity index (χ1v) is 16.5. The van der Waals surface area contributed by atoms with E-state index in [0.717, 1.165) is 31.5 Å². The van der Waals surface area contributed by atoms with Crippen LogP contribution >= 0.6 is 0 Å². The average Bonchev–Trinajstić information content (AvgIpc) is 3.31. The Bertz CT molecular complexity index is 1680. The third-order valence-electron chi connectivity index (χ3n) is 7.43. The number of benzene rings is 2. The molecule has 2 aromatic carbocycles. The van der Waals surface area contributed by atoms with Gasteiger partial charge >= 0.3 is 6.18 Å². The van der Waals surface area contributed by atoms with Crippen LogP contribution in [0.25, 0.3) is 10.9 Å². The molecule has 1 saturated heterocycles. The van der Waals surface area contributed by atoms with Gasteiger partial charge in [-0.25, -0.2) is 8.42 Å². The van der Waals surface area contributed by atoms with Gasteiger partial charge < -0.3 is 44.9 Å². The van der Waals surface area contributed by atoms with Gasteiger partial charge in [0.25, 0.3) is 0 Å². The second kappa shape index (κ2) is 14.5. The Morgan fingerprint density at radius 3 is 2.48 bits per heavy atom. The molecule has 1 aliphatic rings. The summed E-state index contributed by atoms with van der Waals surface area (Å²) in [4.78, 5) is 2.13. The molecule has 1 fully saturated rings. The molecule has 5 N–H and O–H groups in total. The molecule has 1 atom stereocenters. The summed E-state index contributed by atoms with van der Waals surface area (Å²) in [6.45, 7) is 0.225. The maximum Gasteiger partial charge on any atom is 0.406 e. The second-order valence-corrected chi connectivity index (χ2v) is 13.4. The van der Waals surface area contributed by atoms with Crippen LogP contribution in [0.2, 0.25) is 0 Å². The molecule has 0 bridgehead atoms. The number of nitrogens with zero attached hydrogens (tertiary/aromatic N) is 2. The number of halogens is 3. The molecule has 16 heteroatoms. The van der Waals surface area contributed by atoms with Gasteiger partial charge in [-0.3, -0.25) is 0 Å². The fourth-order valence-corrected chi connectivity index (χ4v) is 5.91. The summed E-state index contributed by atoms with van der Waals surface area (Å²) in [6, 6.07) is 11.2. The Hall–Kier alpha value is -3.46. The van der Waals surface area contributed by atoms with Crippen molar-refractivity contribution in [3.8, 4) is 17.6 Å². The standard InChI is InChI=1S/C30H38BF3N4O7S/c1-44-28-16-23(46(2,42)43)8-9-26(28)35-12-4-5-21-15-24-25(6-3-7-27(24)38(21)19-29(32,33)34)36-20-10-13-37(14-11-20)17-22(39)18-45-30(31,40)41/h3,6-9,15-16,20,22,35-36,39-41H,10-14,17-19,31H2,1-2H3. The molecule has 11 nitrogen and oxygen atoms in total. The molecule has 1 unspecified atom stereocenters. The number of alkyl halides is 3. The van der Waals surface area contributed by atoms with Crippen molar-refractivity contribution in [1.29, 1.82) is 0 Å². The topological polar surface area (TPSA) is 146 Å². The number of β-amino-alcohol motifs (C(OH)–C–C–N with tert-alkyl or cyclic N) is 1. The first-order valence-electron chi connectivity index (χ1n) is 14.6. The van der Waals surface area contributed by atoms with E-state index in [9.17, 15) is 36.9 Å². The molecule has 0 saturated carbocycles. The van der Waals surface area contributed by atoms with Crippen LogP contribution in [-0.2, 0) is 21.1 Å². The zero-order valence-electron chi connectivity index (χ0n) is 25.8. The molecule has 4 rings (SSSR count). The molecule has 0 spiro atoms. The minimum absolute atomic E-state index is 0.0437. The predicted molar refractivity (Wildman–Crippen MR) is 170 cm³/mol. The number of hydrogen-bond donors (Lipinski definition) is 5. The van der Waals surface area contributed by atoms with E-state index in [4.69, 9.17) is 9.47 Å². The average molecular weight is 667 g/mol. The summed E-state index contributed by atoms with van der Waals surface area (Å²) >= 11 is 0. The SMILES string of the molecule is BC(O)(O)OCC(O)CN1CCC(Nc2cccc3c2cc(C#CCNc2ccc(S(C)(=O)=O)cc2OC)n3CC(F)(F)F)CC1. The summed E-state index contributed by atoms with van der Waals surface area (Å²) < 4.78 is 75.8. The Kier molecular flexibility index (Phi) is 11.2. The molecule has 46 heavy (non-hydrogen) atoms. The van der Waals surface area contributed by atoms with Crippen molar-refractivity contribution < 1.29 is 46.4 Å². The molecule has 250 valence electrons. The highest BCUT2D eigenvalue weighted by Crippen LogP contribution is 2.32. The lowest BCUT2D eigenvalue weighted by Crippen LogP contribution is -2.44. The Labute approximate surface area is 266 Å². The van der Waals surface area contributed by atoms with Crippen molar-refractivity contribution in [1.82, 2.24) is 9.47 Å². The van der Waals surface area contributed by atoms with Gasteiger partial charge in [-0.1, -0.05) is 12.0 Å². The zero-order chi connectivity index (χ0) is 33.7. The van der Waals surface area contributed by atoms with Crippen LogP contribution < -0.4 is 15.4 Å². The van der Waals surface area contributed by atoms with Gasteiger partial charge in [0.15, 0.2) is 9.84 Å². The number of sulfone groups is 1. The summed E-state index contributed by atoms with van der Waals surface area (Å²) in [5, 5.41) is 35.8. The molecule has 1 aliphatic heterocycles. The second-order valence-electron chi connectivity index (χ2n) is 11.4. The first kappa shape index (κ1) is 35.4. The normalized spacial score (nSPS) is 15.7. The maximum atomic E-state index is 13.6. The summed E-state index contributed by atoms with van der Waals surface area (Å²) in [7, 11) is -0.977. The molecule has 0 radical (unpaired) electrons. The number of methoxy groups -OCH3 is 1. The van der Waals surface area contributed by atoms with Crippen molar-refractivity contribution in [3.05, 3.63) is 48.2 Å². The van der Waals surface area contributed by atoms with E-state index >= 15 is 0 Å². The van der Waals surface area contributed by atoms with Crippen LogP contribution in [0, 0.1) is 11.8 Å². The third kappa shape index (κ3) is 10.0. The molecule has 0 aliphatic carbocycles. The van der Waals surface area contributed by atoms with E-state index < -0.39 is 34.5 Å². The van der Waals surface area contributed by atoms with Crippen molar-refractivity contribution >= 4 is 40.0 Å². The van der Waals surface area contributed by atoms with Crippen molar-refractivity contribution in [2.24, 2.45) is 0 Å². The fraction of sp³-hybridized carbons (Fsp3) is 0.467. The van der Waals surface area contributed by atoms with Crippen LogP contribution in [0.5, 0.6) is 5.75 Å². The number of anilines is 2. The van der Waals surface area contributed by atoms with Crippen LogP contribution in [0.4, 0.5) is 24.5 Å². The number of aliphatic hydroxyl groups excluding tert-OH is 1. The fourth-order valence-electron chi connectivity index (χ4n) is 5.27. The van der Waals surface area contributed by atoms with E-state index in [0.29, 0.717) is 47.7 Å². The Morgan fingerprint density at radius 2 is 1.85 bits per heavy atom. The van der Waals surface area contributed by atoms with Crippen molar-refractivity contribution in [2.45, 2.75) is 48.5 Å². The molecular weight excluding hydrogens is 628 g/mol. The van der Waals surface area contributed by atoms with E-state index in [-0.39, 0.29) is 29.8 Å². The van der Waals surface area contributed by atoms with Gasteiger partial charge in [0.05, 0.1) is 48.2 Å². The van der Waals surface area contributed by atoms with Crippen LogP contribution in [0.3, 0.4) is 0 Å². The number of likely N-dealkylation sites (tertiary alicyclic amines) is 1. The van der Waals surface area contributed by atoms with Crippen molar-refractivity contribution in [2.75, 3.05) is 56.8 Å². The van der Waals surface area contributed by atoms with Gasteiger partial charge in [-0.05, 0) is 49.1 Å². The van der Waals surface area contributed by atoms with Gasteiger partial charge in [-0.2, -0.15) is 13.2 Å². The van der Waals surface area contributed by atoms with Crippen LogP contribution in [0.1, 0.15) is 18.5 Å². The van der Waals surface area contributed by atoms with Crippen LogP contribution in [-0.4, -0.2) is 111 Å². The number of rotatable bonds is 12. The molecule has 0 amide bonds. The van der Waals surface area contributed by atoms with Crippen LogP contribution in [0.15, 0.2) is 47.4 Å².